The number of hydrogen-bond donors (Lipinski definition) is 1. The molecule has 2 aromatic heterocycles. The third-order valence-electron chi connectivity index (χ3n) is 2.45. The molecule has 0 aliphatic heterocycles. The molecule has 0 atom stereocenters. The summed E-state index contributed by atoms with van der Waals surface area (Å²) < 4.78 is 13.0. The van der Waals surface area contributed by atoms with Crippen LogP contribution >= 0.6 is 11.3 Å². The Morgan fingerprint density at radius 1 is 1.35 bits per heavy atom. The minimum absolute atomic E-state index is 0.268. The molecule has 0 saturated carbocycles. The molecule has 0 radical (unpaired) electrons. The number of nitrogens with one attached hydrogen (secondary N) is 1. The molecule has 0 unspecified atom stereocenters. The quantitative estimate of drug-likeness (QED) is 0.705. The maximum atomic E-state index is 13.0. The Hall–Kier alpha value is -2.01. The van der Waals surface area contributed by atoms with Gasteiger partial charge in [0.2, 0.25) is 0 Å². The van der Waals surface area contributed by atoms with E-state index in [1.54, 1.807) is 6.07 Å². The van der Waals surface area contributed by atoms with Crippen LogP contribution in [0.3, 0.4) is 0 Å². The van der Waals surface area contributed by atoms with Crippen LogP contribution in [-0.4, -0.2) is 16.3 Å². The molecule has 17 heavy (non-hydrogen) atoms. The van der Waals surface area contributed by atoms with Gasteiger partial charge in [-0.15, -0.1) is 11.3 Å². The maximum absolute atomic E-state index is 13.0. The van der Waals surface area contributed by atoms with E-state index in [9.17, 15) is 9.18 Å². The minimum Gasteiger partial charge on any atom is -0.353 e. The molecule has 0 amide bonds. The second-order valence-corrected chi connectivity index (χ2v) is 4.66. The number of fused-ring (bicyclic) bond motifs is 1. The highest BCUT2D eigenvalue weighted by Crippen LogP contribution is 2.27. The number of carbonyl (C=O) groups is 1. The second-order valence-electron chi connectivity index (χ2n) is 3.60. The van der Waals surface area contributed by atoms with E-state index in [1.165, 1.54) is 29.7 Å². The van der Waals surface area contributed by atoms with Gasteiger partial charge in [0, 0.05) is 17.1 Å². The summed E-state index contributed by atoms with van der Waals surface area (Å²) in [5.41, 5.74) is 1.65. The number of aldehydes is 1. The van der Waals surface area contributed by atoms with E-state index >= 15 is 0 Å². The van der Waals surface area contributed by atoms with Crippen molar-refractivity contribution in [1.82, 2.24) is 9.97 Å². The third-order valence-corrected chi connectivity index (χ3v) is 3.41. The summed E-state index contributed by atoms with van der Waals surface area (Å²) in [7, 11) is 0. The summed E-state index contributed by atoms with van der Waals surface area (Å²) in [5, 5.41) is 1.52. The van der Waals surface area contributed by atoms with Crippen LogP contribution in [0.1, 0.15) is 9.67 Å². The van der Waals surface area contributed by atoms with Gasteiger partial charge >= 0.3 is 0 Å². The molecular formula is C12H7FN2OS. The molecule has 3 nitrogen and oxygen atoms in total. The molecule has 0 fully saturated rings. The fourth-order valence-electron chi connectivity index (χ4n) is 1.68. The Morgan fingerprint density at radius 2 is 2.24 bits per heavy atom. The summed E-state index contributed by atoms with van der Waals surface area (Å²) in [5.74, 6) is -0.268. The van der Waals surface area contributed by atoms with E-state index in [0.29, 0.717) is 4.88 Å². The van der Waals surface area contributed by atoms with Gasteiger partial charge in [-0.25, -0.2) is 9.37 Å². The lowest BCUT2D eigenvalue weighted by molar-refractivity contribution is 0.112. The standard InChI is InChI=1S/C12H7FN2OS/c13-8-1-2-10-7(3-8)4-11(15-10)12-14-5-9(6-16)17-12/h1-6,15H. The Kier molecular flexibility index (Phi) is 2.26. The molecule has 3 rings (SSSR count). The smallest absolute Gasteiger partial charge is 0.161 e. The monoisotopic (exact) mass is 246 g/mol. The molecule has 0 bridgehead atoms. The van der Waals surface area contributed by atoms with Crippen molar-refractivity contribution in [3.63, 3.8) is 0 Å². The van der Waals surface area contributed by atoms with Crippen LogP contribution < -0.4 is 0 Å². The average molecular weight is 246 g/mol. The van der Waals surface area contributed by atoms with Crippen molar-refractivity contribution in [2.45, 2.75) is 0 Å². The second kappa shape index (κ2) is 3.78. The van der Waals surface area contributed by atoms with Crippen LogP contribution in [0.4, 0.5) is 4.39 Å². The van der Waals surface area contributed by atoms with E-state index in [2.05, 4.69) is 9.97 Å². The number of hydrogen-bond acceptors (Lipinski definition) is 3. The van der Waals surface area contributed by atoms with Crippen LogP contribution in [0.2, 0.25) is 0 Å². The van der Waals surface area contributed by atoms with Crippen molar-refractivity contribution >= 4 is 28.5 Å². The van der Waals surface area contributed by atoms with Crippen molar-refractivity contribution in [1.29, 1.82) is 0 Å². The first-order chi connectivity index (χ1) is 8.26. The van der Waals surface area contributed by atoms with Crippen LogP contribution in [0.5, 0.6) is 0 Å². The Morgan fingerprint density at radius 3 is 3.00 bits per heavy atom. The molecule has 1 N–H and O–H groups in total. The zero-order valence-corrected chi connectivity index (χ0v) is 9.42. The van der Waals surface area contributed by atoms with Crippen molar-refractivity contribution in [3.05, 3.63) is 41.2 Å². The molecule has 3 aromatic rings. The fraction of sp³-hybridized carbons (Fsp3) is 0. The first-order valence-electron chi connectivity index (χ1n) is 4.96. The molecule has 0 spiro atoms. The topological polar surface area (TPSA) is 45.8 Å². The van der Waals surface area contributed by atoms with Gasteiger partial charge in [0.1, 0.15) is 10.8 Å². The summed E-state index contributed by atoms with van der Waals surface area (Å²) in [6.07, 6.45) is 2.29. The lowest BCUT2D eigenvalue weighted by Crippen LogP contribution is -1.73. The minimum atomic E-state index is -0.268. The van der Waals surface area contributed by atoms with Gasteiger partial charge in [-0.05, 0) is 24.3 Å². The molecular weight excluding hydrogens is 239 g/mol. The number of carbonyl (C=O) groups excluding carboxylic acids is 1. The number of thiazole rings is 1. The number of rotatable bonds is 2. The Bertz CT molecular complexity index is 701. The number of H-pyrrole nitrogens is 1. The lowest BCUT2D eigenvalue weighted by atomic mass is 10.2. The molecule has 84 valence electrons. The summed E-state index contributed by atoms with van der Waals surface area (Å²) in [4.78, 5) is 18.4. The van der Waals surface area contributed by atoms with Gasteiger partial charge < -0.3 is 4.98 Å². The highest BCUT2D eigenvalue weighted by molar-refractivity contribution is 7.16. The number of nitrogens with zero attached hydrogens (tertiary/aromatic N) is 1. The van der Waals surface area contributed by atoms with Gasteiger partial charge in [0.05, 0.1) is 10.6 Å². The summed E-state index contributed by atoms with van der Waals surface area (Å²) >= 11 is 1.30. The van der Waals surface area contributed by atoms with Gasteiger partial charge in [-0.3, -0.25) is 4.79 Å². The lowest BCUT2D eigenvalue weighted by Gasteiger charge is -1.88. The maximum Gasteiger partial charge on any atom is 0.161 e. The SMILES string of the molecule is O=Cc1cnc(-c2cc3cc(F)ccc3[nH]2)s1. The highest BCUT2D eigenvalue weighted by atomic mass is 32.1. The first-order valence-corrected chi connectivity index (χ1v) is 5.77. The number of aromatic amines is 1. The van der Waals surface area contributed by atoms with E-state index in [1.807, 2.05) is 6.07 Å². The normalized spacial score (nSPS) is 10.9. The van der Waals surface area contributed by atoms with Crippen LogP contribution in [0.25, 0.3) is 21.6 Å². The molecule has 0 aliphatic rings. The molecule has 1 aromatic carbocycles. The summed E-state index contributed by atoms with van der Waals surface area (Å²) in [6, 6.07) is 6.37. The molecule has 5 heteroatoms. The van der Waals surface area contributed by atoms with Crippen molar-refractivity contribution in [2.24, 2.45) is 0 Å². The van der Waals surface area contributed by atoms with Crippen molar-refractivity contribution in [3.8, 4) is 10.7 Å². The van der Waals surface area contributed by atoms with E-state index < -0.39 is 0 Å². The van der Waals surface area contributed by atoms with E-state index in [0.717, 1.165) is 27.9 Å². The van der Waals surface area contributed by atoms with Crippen LogP contribution in [-0.2, 0) is 0 Å². The van der Waals surface area contributed by atoms with Crippen LogP contribution in [0.15, 0.2) is 30.5 Å². The largest absolute Gasteiger partial charge is 0.353 e. The Labute approximate surface area is 99.9 Å². The Balaban J connectivity index is 2.14. The number of halogens is 1. The van der Waals surface area contributed by atoms with Gasteiger partial charge in [0.15, 0.2) is 6.29 Å². The molecule has 0 saturated heterocycles. The summed E-state index contributed by atoms with van der Waals surface area (Å²) in [6.45, 7) is 0. The van der Waals surface area contributed by atoms with E-state index in [4.69, 9.17) is 0 Å². The molecule has 2 heterocycles. The van der Waals surface area contributed by atoms with E-state index in [-0.39, 0.29) is 5.82 Å². The number of aromatic nitrogens is 2. The van der Waals surface area contributed by atoms with Gasteiger partial charge in [-0.2, -0.15) is 0 Å². The zero-order chi connectivity index (χ0) is 11.8. The predicted molar refractivity (Wildman–Crippen MR) is 64.8 cm³/mol. The van der Waals surface area contributed by atoms with Gasteiger partial charge in [0.25, 0.3) is 0 Å². The number of benzene rings is 1. The predicted octanol–water partition coefficient (Wildman–Crippen LogP) is 3.24. The third kappa shape index (κ3) is 1.74. The van der Waals surface area contributed by atoms with Crippen molar-refractivity contribution in [2.75, 3.05) is 0 Å². The first kappa shape index (κ1) is 10.2. The zero-order valence-electron chi connectivity index (χ0n) is 8.61. The molecule has 0 aliphatic carbocycles. The fourth-order valence-corrected chi connectivity index (χ4v) is 2.39. The average Bonchev–Trinajstić information content (AvgIpc) is 2.93. The van der Waals surface area contributed by atoms with Gasteiger partial charge in [-0.1, -0.05) is 0 Å². The highest BCUT2D eigenvalue weighted by Gasteiger charge is 2.08. The van der Waals surface area contributed by atoms with Crippen molar-refractivity contribution < 1.29 is 9.18 Å². The van der Waals surface area contributed by atoms with Crippen LogP contribution in [0, 0.1) is 5.82 Å².